The summed E-state index contributed by atoms with van der Waals surface area (Å²) >= 11 is 0. The highest BCUT2D eigenvalue weighted by molar-refractivity contribution is 5.48. The fourth-order valence-corrected chi connectivity index (χ4v) is 1.30. The van der Waals surface area contributed by atoms with Crippen molar-refractivity contribution in [2.75, 3.05) is 0 Å². The standard InChI is InChI=1S/C9H7F3N2O/c10-9(11,12)8(15)6-2-4-14-7(5-6)1-3-13-14/h1-5,8,15H. The lowest BCUT2D eigenvalue weighted by molar-refractivity contribution is -0.206. The maximum Gasteiger partial charge on any atom is 0.418 e. The molecule has 2 heterocycles. The molecule has 0 aliphatic carbocycles. The molecule has 15 heavy (non-hydrogen) atoms. The number of rotatable bonds is 1. The Hall–Kier alpha value is -1.56. The highest BCUT2D eigenvalue weighted by Gasteiger charge is 2.39. The molecule has 0 bridgehead atoms. The Bertz CT molecular complexity index is 477. The van der Waals surface area contributed by atoms with Gasteiger partial charge in [-0.1, -0.05) is 0 Å². The molecule has 80 valence electrons. The van der Waals surface area contributed by atoms with Crippen LogP contribution in [0.3, 0.4) is 0 Å². The fourth-order valence-electron chi connectivity index (χ4n) is 1.30. The van der Waals surface area contributed by atoms with Gasteiger partial charge in [0.15, 0.2) is 6.10 Å². The van der Waals surface area contributed by atoms with Crippen molar-refractivity contribution in [3.63, 3.8) is 0 Å². The van der Waals surface area contributed by atoms with Crippen molar-refractivity contribution in [3.8, 4) is 0 Å². The van der Waals surface area contributed by atoms with Crippen LogP contribution >= 0.6 is 0 Å². The summed E-state index contributed by atoms with van der Waals surface area (Å²) in [4.78, 5) is 0. The lowest BCUT2D eigenvalue weighted by Gasteiger charge is -2.14. The van der Waals surface area contributed by atoms with Crippen molar-refractivity contribution in [1.29, 1.82) is 0 Å². The molecule has 0 saturated carbocycles. The summed E-state index contributed by atoms with van der Waals surface area (Å²) in [7, 11) is 0. The van der Waals surface area contributed by atoms with E-state index in [4.69, 9.17) is 5.11 Å². The Morgan fingerprint density at radius 2 is 2.07 bits per heavy atom. The molecule has 0 aromatic carbocycles. The fraction of sp³-hybridized carbons (Fsp3) is 0.222. The first-order valence-electron chi connectivity index (χ1n) is 4.16. The van der Waals surface area contributed by atoms with E-state index in [0.717, 1.165) is 0 Å². The zero-order valence-corrected chi connectivity index (χ0v) is 7.44. The zero-order chi connectivity index (χ0) is 11.1. The Morgan fingerprint density at radius 1 is 1.33 bits per heavy atom. The van der Waals surface area contributed by atoms with Gasteiger partial charge in [0.05, 0.1) is 5.52 Å². The molecule has 1 unspecified atom stereocenters. The number of alkyl halides is 3. The van der Waals surface area contributed by atoms with Crippen molar-refractivity contribution in [2.24, 2.45) is 0 Å². The van der Waals surface area contributed by atoms with Crippen molar-refractivity contribution in [3.05, 3.63) is 36.2 Å². The van der Waals surface area contributed by atoms with Crippen LogP contribution in [0.4, 0.5) is 13.2 Å². The third-order valence-corrected chi connectivity index (χ3v) is 2.05. The summed E-state index contributed by atoms with van der Waals surface area (Å²) in [5, 5.41) is 12.8. The summed E-state index contributed by atoms with van der Waals surface area (Å²) in [5.41, 5.74) is 0.325. The van der Waals surface area contributed by atoms with Gasteiger partial charge in [0.2, 0.25) is 0 Å². The molecular weight excluding hydrogens is 209 g/mol. The van der Waals surface area contributed by atoms with Crippen LogP contribution in [0.25, 0.3) is 5.52 Å². The molecule has 1 atom stereocenters. The molecule has 0 amide bonds. The van der Waals surface area contributed by atoms with Gasteiger partial charge >= 0.3 is 6.18 Å². The van der Waals surface area contributed by atoms with E-state index in [2.05, 4.69) is 5.10 Å². The van der Waals surface area contributed by atoms with Gasteiger partial charge in [-0.15, -0.1) is 0 Å². The van der Waals surface area contributed by atoms with Crippen molar-refractivity contribution in [2.45, 2.75) is 12.3 Å². The van der Waals surface area contributed by atoms with Crippen LogP contribution in [-0.2, 0) is 0 Å². The quantitative estimate of drug-likeness (QED) is 0.790. The SMILES string of the molecule is OC(c1ccn2nccc2c1)C(F)(F)F. The summed E-state index contributed by atoms with van der Waals surface area (Å²) in [5.74, 6) is 0. The average molecular weight is 216 g/mol. The molecule has 0 spiro atoms. The van der Waals surface area contributed by atoms with Crippen LogP contribution in [0.1, 0.15) is 11.7 Å². The molecule has 6 heteroatoms. The maximum atomic E-state index is 12.2. The van der Waals surface area contributed by atoms with Gasteiger partial charge in [-0.2, -0.15) is 18.3 Å². The third kappa shape index (κ3) is 1.80. The summed E-state index contributed by atoms with van der Waals surface area (Å²) in [6.45, 7) is 0. The number of aliphatic hydroxyl groups is 1. The predicted molar refractivity (Wildman–Crippen MR) is 46.2 cm³/mol. The second kappa shape index (κ2) is 3.23. The largest absolute Gasteiger partial charge is 0.418 e. The second-order valence-electron chi connectivity index (χ2n) is 3.10. The lowest BCUT2D eigenvalue weighted by Crippen LogP contribution is -2.20. The van der Waals surface area contributed by atoms with Crippen LogP contribution in [0.5, 0.6) is 0 Å². The first kappa shape index (κ1) is 9.97. The first-order valence-corrected chi connectivity index (χ1v) is 4.16. The number of halogens is 3. The first-order chi connectivity index (χ1) is 6.98. The van der Waals surface area contributed by atoms with Gasteiger partial charge in [0.25, 0.3) is 0 Å². The van der Waals surface area contributed by atoms with E-state index in [1.807, 2.05) is 0 Å². The molecule has 1 N–H and O–H groups in total. The van der Waals surface area contributed by atoms with E-state index in [1.54, 1.807) is 6.07 Å². The van der Waals surface area contributed by atoms with Gasteiger partial charge in [0, 0.05) is 12.4 Å². The molecule has 0 radical (unpaired) electrons. The van der Waals surface area contributed by atoms with Crippen LogP contribution in [0, 0.1) is 0 Å². The molecule has 0 saturated heterocycles. The number of pyridine rings is 1. The average Bonchev–Trinajstić information content (AvgIpc) is 2.61. The van der Waals surface area contributed by atoms with Crippen LogP contribution in [0.2, 0.25) is 0 Å². The van der Waals surface area contributed by atoms with E-state index in [-0.39, 0.29) is 5.56 Å². The Morgan fingerprint density at radius 3 is 2.73 bits per heavy atom. The molecule has 2 rings (SSSR count). The van der Waals surface area contributed by atoms with Gasteiger partial charge in [-0.25, -0.2) is 4.52 Å². The number of aromatic nitrogens is 2. The minimum atomic E-state index is -4.64. The zero-order valence-electron chi connectivity index (χ0n) is 7.44. The lowest BCUT2D eigenvalue weighted by atomic mass is 10.1. The molecule has 0 aliphatic heterocycles. The molecule has 2 aromatic heterocycles. The Labute approximate surface area is 82.8 Å². The van der Waals surface area contributed by atoms with E-state index in [9.17, 15) is 13.2 Å². The normalized spacial score (nSPS) is 14.4. The number of hydrogen-bond donors (Lipinski definition) is 1. The Kier molecular flexibility index (Phi) is 2.15. The summed E-state index contributed by atoms with van der Waals surface area (Å²) < 4.78 is 38.0. The third-order valence-electron chi connectivity index (χ3n) is 2.05. The van der Waals surface area contributed by atoms with E-state index < -0.39 is 12.3 Å². The number of fused-ring (bicyclic) bond motifs is 1. The van der Waals surface area contributed by atoms with Gasteiger partial charge in [-0.05, 0) is 23.8 Å². The monoisotopic (exact) mass is 216 g/mol. The minimum absolute atomic E-state index is 0.185. The summed E-state index contributed by atoms with van der Waals surface area (Å²) in [6, 6.07) is 4.01. The van der Waals surface area contributed by atoms with E-state index in [1.165, 1.54) is 29.0 Å². The highest BCUT2D eigenvalue weighted by atomic mass is 19.4. The number of hydrogen-bond acceptors (Lipinski definition) is 2. The van der Waals surface area contributed by atoms with Crippen LogP contribution in [-0.4, -0.2) is 20.9 Å². The van der Waals surface area contributed by atoms with E-state index in [0.29, 0.717) is 5.52 Å². The molecule has 0 fully saturated rings. The maximum absolute atomic E-state index is 12.2. The summed E-state index contributed by atoms with van der Waals surface area (Å²) in [6.07, 6.45) is -4.24. The van der Waals surface area contributed by atoms with Gasteiger partial charge < -0.3 is 5.11 Å². The Balaban J connectivity index is 2.44. The molecule has 3 nitrogen and oxygen atoms in total. The number of nitrogens with zero attached hydrogens (tertiary/aromatic N) is 2. The van der Waals surface area contributed by atoms with Crippen LogP contribution < -0.4 is 0 Å². The van der Waals surface area contributed by atoms with E-state index >= 15 is 0 Å². The highest BCUT2D eigenvalue weighted by Crippen LogP contribution is 2.32. The smallest absolute Gasteiger partial charge is 0.379 e. The minimum Gasteiger partial charge on any atom is -0.379 e. The van der Waals surface area contributed by atoms with Crippen molar-refractivity contribution in [1.82, 2.24) is 9.61 Å². The van der Waals surface area contributed by atoms with Crippen molar-refractivity contribution < 1.29 is 18.3 Å². The van der Waals surface area contributed by atoms with Gasteiger partial charge in [0.1, 0.15) is 0 Å². The topological polar surface area (TPSA) is 37.5 Å². The molecule has 0 aliphatic rings. The van der Waals surface area contributed by atoms with Crippen LogP contribution in [0.15, 0.2) is 30.6 Å². The number of aliphatic hydroxyl groups excluding tert-OH is 1. The molecular formula is C9H7F3N2O. The predicted octanol–water partition coefficient (Wildman–Crippen LogP) is 1.93. The van der Waals surface area contributed by atoms with Gasteiger partial charge in [-0.3, -0.25) is 0 Å². The second-order valence-corrected chi connectivity index (χ2v) is 3.10. The molecule has 2 aromatic rings. The van der Waals surface area contributed by atoms with Crippen molar-refractivity contribution >= 4 is 5.52 Å².